The summed E-state index contributed by atoms with van der Waals surface area (Å²) in [6.07, 6.45) is 6.11. The molecule has 1 aromatic heterocycles. The van der Waals surface area contributed by atoms with Crippen molar-refractivity contribution in [2.24, 2.45) is 11.8 Å². The van der Waals surface area contributed by atoms with Crippen LogP contribution in [0, 0.1) is 11.8 Å². The SMILES string of the molecule is CC(C)(C)OC(=O)NC[C@H]1CC[C@H](C(=O)N[C@@H](Cc2cccc(-c3cnc(N4CCOCC4)nc3)c2)C(=O)O)CC1. The molecule has 0 unspecified atom stereocenters. The van der Waals surface area contributed by atoms with E-state index >= 15 is 0 Å². The van der Waals surface area contributed by atoms with E-state index in [0.717, 1.165) is 42.6 Å². The molecule has 1 saturated heterocycles. The summed E-state index contributed by atoms with van der Waals surface area (Å²) in [5.41, 5.74) is 1.96. The molecule has 3 N–H and O–H groups in total. The van der Waals surface area contributed by atoms with Crippen molar-refractivity contribution in [1.82, 2.24) is 20.6 Å². The highest BCUT2D eigenvalue weighted by molar-refractivity contribution is 5.85. The molecule has 41 heavy (non-hydrogen) atoms. The number of rotatable bonds is 9. The van der Waals surface area contributed by atoms with Crippen molar-refractivity contribution in [3.8, 4) is 11.1 Å². The van der Waals surface area contributed by atoms with Crippen molar-refractivity contribution in [3.05, 3.63) is 42.2 Å². The molecule has 1 aliphatic heterocycles. The average molecular weight is 568 g/mol. The first kappa shape index (κ1) is 30.2. The molecule has 222 valence electrons. The van der Waals surface area contributed by atoms with Crippen LogP contribution in [-0.2, 0) is 25.5 Å². The Kier molecular flexibility index (Phi) is 10.1. The predicted molar refractivity (Wildman–Crippen MR) is 153 cm³/mol. The van der Waals surface area contributed by atoms with Crippen LogP contribution < -0.4 is 15.5 Å². The van der Waals surface area contributed by atoms with Gasteiger partial charge in [-0.2, -0.15) is 0 Å². The normalized spacial score (nSPS) is 20.1. The Hall–Kier alpha value is -3.73. The number of carboxylic acid groups (broad SMARTS) is 1. The van der Waals surface area contributed by atoms with Crippen molar-refractivity contribution >= 4 is 23.9 Å². The lowest BCUT2D eigenvalue weighted by molar-refractivity contribution is -0.142. The van der Waals surface area contributed by atoms with Crippen LogP contribution >= 0.6 is 0 Å². The molecule has 2 amide bonds. The van der Waals surface area contributed by atoms with Gasteiger partial charge < -0.3 is 30.1 Å². The van der Waals surface area contributed by atoms with E-state index in [-0.39, 0.29) is 24.2 Å². The first-order chi connectivity index (χ1) is 19.6. The van der Waals surface area contributed by atoms with Crippen LogP contribution in [0.1, 0.15) is 52.0 Å². The molecule has 1 aliphatic carbocycles. The maximum absolute atomic E-state index is 13.0. The Morgan fingerprint density at radius 3 is 2.39 bits per heavy atom. The van der Waals surface area contributed by atoms with Crippen molar-refractivity contribution in [1.29, 1.82) is 0 Å². The molecule has 1 saturated carbocycles. The summed E-state index contributed by atoms with van der Waals surface area (Å²) in [4.78, 5) is 48.1. The molecule has 2 aromatic rings. The zero-order valence-electron chi connectivity index (χ0n) is 24.1. The first-order valence-corrected chi connectivity index (χ1v) is 14.3. The molecule has 2 aliphatic rings. The number of hydrogen-bond acceptors (Lipinski definition) is 8. The number of anilines is 1. The number of ether oxygens (including phenoxy) is 2. The van der Waals surface area contributed by atoms with E-state index < -0.39 is 23.7 Å². The highest BCUT2D eigenvalue weighted by atomic mass is 16.6. The van der Waals surface area contributed by atoms with Gasteiger partial charge in [0, 0.05) is 49.9 Å². The van der Waals surface area contributed by atoms with E-state index in [4.69, 9.17) is 9.47 Å². The first-order valence-electron chi connectivity index (χ1n) is 14.3. The van der Waals surface area contributed by atoms with E-state index in [2.05, 4.69) is 25.5 Å². The number of carbonyl (C=O) groups is 3. The second kappa shape index (κ2) is 13.8. The van der Waals surface area contributed by atoms with Crippen LogP contribution in [0.2, 0.25) is 0 Å². The summed E-state index contributed by atoms with van der Waals surface area (Å²) in [6.45, 7) is 8.77. The van der Waals surface area contributed by atoms with Crippen molar-refractivity contribution in [2.75, 3.05) is 37.7 Å². The van der Waals surface area contributed by atoms with E-state index in [1.54, 1.807) is 12.4 Å². The van der Waals surface area contributed by atoms with Gasteiger partial charge in [0.1, 0.15) is 11.6 Å². The monoisotopic (exact) mass is 567 g/mol. The number of alkyl carbamates (subject to hydrolysis) is 1. The number of carbonyl (C=O) groups excluding carboxylic acids is 2. The lowest BCUT2D eigenvalue weighted by Gasteiger charge is -2.29. The van der Waals surface area contributed by atoms with Gasteiger partial charge >= 0.3 is 12.1 Å². The molecule has 1 aromatic carbocycles. The Balaban J connectivity index is 1.28. The smallest absolute Gasteiger partial charge is 0.407 e. The zero-order chi connectivity index (χ0) is 29.4. The van der Waals surface area contributed by atoms with Gasteiger partial charge in [0.05, 0.1) is 13.2 Å². The van der Waals surface area contributed by atoms with E-state index in [1.165, 1.54) is 0 Å². The molecule has 2 fully saturated rings. The predicted octanol–water partition coefficient (Wildman–Crippen LogP) is 3.42. The minimum absolute atomic E-state index is 0.163. The molecular formula is C30H41N5O6. The van der Waals surface area contributed by atoms with Gasteiger partial charge in [0.2, 0.25) is 11.9 Å². The lowest BCUT2D eigenvalue weighted by atomic mass is 9.81. The molecular weight excluding hydrogens is 526 g/mol. The highest BCUT2D eigenvalue weighted by Crippen LogP contribution is 2.29. The number of aromatic nitrogens is 2. The van der Waals surface area contributed by atoms with E-state index in [9.17, 15) is 19.5 Å². The minimum Gasteiger partial charge on any atom is -0.480 e. The third kappa shape index (κ3) is 9.14. The van der Waals surface area contributed by atoms with Gasteiger partial charge in [-0.25, -0.2) is 19.6 Å². The fraction of sp³-hybridized carbons (Fsp3) is 0.567. The summed E-state index contributed by atoms with van der Waals surface area (Å²) >= 11 is 0. The number of nitrogens with one attached hydrogen (secondary N) is 2. The van der Waals surface area contributed by atoms with Gasteiger partial charge in [-0.15, -0.1) is 0 Å². The maximum Gasteiger partial charge on any atom is 0.407 e. The summed E-state index contributed by atoms with van der Waals surface area (Å²) in [6, 6.07) is 6.54. The van der Waals surface area contributed by atoms with Crippen LogP contribution in [0.3, 0.4) is 0 Å². The quantitative estimate of drug-likeness (QED) is 0.415. The Morgan fingerprint density at radius 1 is 1.07 bits per heavy atom. The Morgan fingerprint density at radius 2 is 1.76 bits per heavy atom. The molecule has 2 heterocycles. The second-order valence-corrected chi connectivity index (χ2v) is 11.8. The third-order valence-corrected chi connectivity index (χ3v) is 7.40. The van der Waals surface area contributed by atoms with Gasteiger partial charge in [-0.1, -0.05) is 24.3 Å². The summed E-state index contributed by atoms with van der Waals surface area (Å²) in [7, 11) is 0. The van der Waals surface area contributed by atoms with Crippen LogP contribution in [0.4, 0.5) is 10.7 Å². The van der Waals surface area contributed by atoms with Crippen LogP contribution in [0.25, 0.3) is 11.1 Å². The number of benzene rings is 1. The third-order valence-electron chi connectivity index (χ3n) is 7.40. The summed E-state index contributed by atoms with van der Waals surface area (Å²) in [5, 5.41) is 15.4. The standard InChI is InChI=1S/C30H41N5O6/c1-30(2,3)41-29(39)33-17-20-7-9-22(10-8-20)26(36)34-25(27(37)38)16-21-5-4-6-23(15-21)24-18-31-28(32-19-24)35-11-13-40-14-12-35/h4-6,15,18-20,22,25H,7-14,16-17H2,1-3H3,(H,33,39)(H,34,36)(H,37,38)/t20-,22-,25-/m0/s1. The number of morpholine rings is 1. The van der Waals surface area contributed by atoms with E-state index in [0.29, 0.717) is 38.5 Å². The average Bonchev–Trinajstić information content (AvgIpc) is 2.96. The number of nitrogens with zero attached hydrogens (tertiary/aromatic N) is 3. The fourth-order valence-corrected chi connectivity index (χ4v) is 5.17. The number of hydrogen-bond donors (Lipinski definition) is 3. The summed E-state index contributed by atoms with van der Waals surface area (Å²) in [5.74, 6) is -0.633. The van der Waals surface area contributed by atoms with Gasteiger partial charge in [-0.3, -0.25) is 4.79 Å². The highest BCUT2D eigenvalue weighted by Gasteiger charge is 2.30. The number of aliphatic carboxylic acids is 1. The largest absolute Gasteiger partial charge is 0.480 e. The molecule has 1 atom stereocenters. The summed E-state index contributed by atoms with van der Waals surface area (Å²) < 4.78 is 10.7. The van der Waals surface area contributed by atoms with Crippen molar-refractivity contribution in [3.63, 3.8) is 0 Å². The lowest BCUT2D eigenvalue weighted by Crippen LogP contribution is -2.46. The zero-order valence-corrected chi connectivity index (χ0v) is 24.1. The van der Waals surface area contributed by atoms with Gasteiger partial charge in [-0.05, 0) is 63.5 Å². The second-order valence-electron chi connectivity index (χ2n) is 11.8. The topological polar surface area (TPSA) is 143 Å². The van der Waals surface area contributed by atoms with Crippen molar-refractivity contribution in [2.45, 2.75) is 64.5 Å². The van der Waals surface area contributed by atoms with Gasteiger partial charge in [0.25, 0.3) is 0 Å². The fourth-order valence-electron chi connectivity index (χ4n) is 5.17. The Labute approximate surface area is 241 Å². The van der Waals surface area contributed by atoms with Crippen LogP contribution in [0.15, 0.2) is 36.7 Å². The Bertz CT molecular complexity index is 1180. The molecule has 0 bridgehead atoms. The molecule has 11 heteroatoms. The molecule has 4 rings (SSSR count). The number of amides is 2. The van der Waals surface area contributed by atoms with E-state index in [1.807, 2.05) is 45.0 Å². The maximum atomic E-state index is 13.0. The molecule has 0 radical (unpaired) electrons. The van der Waals surface area contributed by atoms with Gasteiger partial charge in [0.15, 0.2) is 0 Å². The molecule has 11 nitrogen and oxygen atoms in total. The minimum atomic E-state index is -1.07. The van der Waals surface area contributed by atoms with Crippen LogP contribution in [0.5, 0.6) is 0 Å². The van der Waals surface area contributed by atoms with Crippen LogP contribution in [-0.4, -0.2) is 77.5 Å². The van der Waals surface area contributed by atoms with Crippen molar-refractivity contribution < 1.29 is 29.0 Å². The number of carboxylic acids is 1. The molecule has 0 spiro atoms.